The molecule has 0 unspecified atom stereocenters. The lowest BCUT2D eigenvalue weighted by Crippen LogP contribution is -1.99. The van der Waals surface area contributed by atoms with E-state index in [1.807, 2.05) is 55.6 Å². The highest BCUT2D eigenvalue weighted by Crippen LogP contribution is 2.33. The minimum atomic E-state index is 0.474. The summed E-state index contributed by atoms with van der Waals surface area (Å²) in [4.78, 5) is 12.2. The number of hydrogen-bond acceptors (Lipinski definition) is 4. The monoisotopic (exact) mass is 364 g/mol. The van der Waals surface area contributed by atoms with Crippen molar-refractivity contribution in [1.82, 2.24) is 15.0 Å². The summed E-state index contributed by atoms with van der Waals surface area (Å²) < 4.78 is 5.32. The lowest BCUT2D eigenvalue weighted by molar-refractivity contribution is 0.414. The second kappa shape index (κ2) is 6.69. The predicted octanol–water partition coefficient (Wildman–Crippen LogP) is 5.34. The van der Waals surface area contributed by atoms with Gasteiger partial charge in [0.05, 0.1) is 24.0 Å². The molecule has 0 aliphatic carbocycles. The molecular formula is C20H17ClN4O. The quantitative estimate of drug-likeness (QED) is 0.513. The number of rotatable bonds is 4. The van der Waals surface area contributed by atoms with Gasteiger partial charge >= 0.3 is 0 Å². The van der Waals surface area contributed by atoms with Gasteiger partial charge in [0.15, 0.2) is 0 Å². The molecule has 2 aromatic heterocycles. The fourth-order valence-electron chi connectivity index (χ4n) is 2.95. The van der Waals surface area contributed by atoms with E-state index in [4.69, 9.17) is 16.3 Å². The van der Waals surface area contributed by atoms with Gasteiger partial charge in [0, 0.05) is 34.4 Å². The van der Waals surface area contributed by atoms with Crippen molar-refractivity contribution in [3.63, 3.8) is 0 Å². The highest BCUT2D eigenvalue weighted by molar-refractivity contribution is 6.33. The average molecular weight is 365 g/mol. The van der Waals surface area contributed by atoms with Crippen LogP contribution in [0.4, 0.5) is 11.6 Å². The van der Waals surface area contributed by atoms with Crippen molar-refractivity contribution in [2.45, 2.75) is 6.92 Å². The molecule has 0 aliphatic heterocycles. The first-order valence-corrected chi connectivity index (χ1v) is 8.53. The van der Waals surface area contributed by atoms with Crippen LogP contribution in [-0.2, 0) is 0 Å². The van der Waals surface area contributed by atoms with Crippen molar-refractivity contribution in [1.29, 1.82) is 0 Å². The van der Waals surface area contributed by atoms with E-state index in [-0.39, 0.29) is 0 Å². The number of methoxy groups -OCH3 is 1. The molecule has 6 heteroatoms. The van der Waals surface area contributed by atoms with Crippen molar-refractivity contribution in [3.8, 4) is 17.0 Å². The first-order valence-electron chi connectivity index (χ1n) is 8.16. The molecule has 2 N–H and O–H groups in total. The Labute approximate surface area is 156 Å². The first kappa shape index (κ1) is 16.4. The molecule has 26 heavy (non-hydrogen) atoms. The van der Waals surface area contributed by atoms with Crippen molar-refractivity contribution in [2.75, 3.05) is 12.4 Å². The molecule has 2 heterocycles. The van der Waals surface area contributed by atoms with E-state index in [1.165, 1.54) is 0 Å². The largest absolute Gasteiger partial charge is 0.497 e. The minimum absolute atomic E-state index is 0.474. The van der Waals surface area contributed by atoms with E-state index < -0.39 is 0 Å². The number of H-pyrrole nitrogens is 1. The fraction of sp³-hybridized carbons (Fsp3) is 0.100. The zero-order chi connectivity index (χ0) is 18.1. The number of aromatic nitrogens is 3. The molecule has 4 aromatic rings. The Morgan fingerprint density at radius 2 is 2.00 bits per heavy atom. The lowest BCUT2D eigenvalue weighted by atomic mass is 10.1. The zero-order valence-electron chi connectivity index (χ0n) is 14.4. The number of halogens is 1. The van der Waals surface area contributed by atoms with Gasteiger partial charge in [0.1, 0.15) is 5.75 Å². The number of para-hydroxylation sites is 1. The van der Waals surface area contributed by atoms with Crippen molar-refractivity contribution in [2.24, 2.45) is 0 Å². The van der Waals surface area contributed by atoms with Gasteiger partial charge in [-0.25, -0.2) is 9.97 Å². The summed E-state index contributed by atoms with van der Waals surface area (Å²) in [5, 5.41) is 4.79. The van der Waals surface area contributed by atoms with Gasteiger partial charge in [0.2, 0.25) is 5.95 Å². The minimum Gasteiger partial charge on any atom is -0.497 e. The average Bonchev–Trinajstić information content (AvgIpc) is 3.07. The number of hydrogen-bond donors (Lipinski definition) is 2. The highest BCUT2D eigenvalue weighted by atomic mass is 35.5. The summed E-state index contributed by atoms with van der Waals surface area (Å²) in [6.45, 7) is 2.01. The number of aryl methyl sites for hydroxylation is 1. The number of nitrogens with one attached hydrogen (secondary N) is 2. The third kappa shape index (κ3) is 3.09. The van der Waals surface area contributed by atoms with Crippen LogP contribution in [0.1, 0.15) is 5.56 Å². The fourth-order valence-corrected chi connectivity index (χ4v) is 3.14. The number of anilines is 2. The van der Waals surface area contributed by atoms with Crippen LogP contribution in [0.2, 0.25) is 5.02 Å². The van der Waals surface area contributed by atoms with Gasteiger partial charge in [-0.3, -0.25) is 0 Å². The molecule has 0 fully saturated rings. The first-order chi connectivity index (χ1) is 12.6. The SMILES string of the molecule is COc1cc(C)cc(Nc2ncc(Cl)c(-c3c[nH]c4ccccc34)n2)c1. The number of nitrogens with zero attached hydrogens (tertiary/aromatic N) is 2. The van der Waals surface area contributed by atoms with Crippen LogP contribution in [0.5, 0.6) is 5.75 Å². The Balaban J connectivity index is 1.74. The summed E-state index contributed by atoms with van der Waals surface area (Å²) in [5.74, 6) is 1.25. The van der Waals surface area contributed by atoms with Gasteiger partial charge in [-0.05, 0) is 30.7 Å². The van der Waals surface area contributed by atoms with E-state index in [0.717, 1.165) is 33.5 Å². The Bertz CT molecular complexity index is 1090. The summed E-state index contributed by atoms with van der Waals surface area (Å²) in [7, 11) is 1.65. The Hall–Kier alpha value is -3.05. The van der Waals surface area contributed by atoms with Crippen LogP contribution in [0.15, 0.2) is 54.9 Å². The molecule has 5 nitrogen and oxygen atoms in total. The molecule has 2 aromatic carbocycles. The zero-order valence-corrected chi connectivity index (χ0v) is 15.1. The van der Waals surface area contributed by atoms with Crippen LogP contribution < -0.4 is 10.1 Å². The Morgan fingerprint density at radius 1 is 1.15 bits per heavy atom. The van der Waals surface area contributed by atoms with Crippen molar-refractivity contribution >= 4 is 34.1 Å². The second-order valence-corrected chi connectivity index (χ2v) is 6.41. The van der Waals surface area contributed by atoms with E-state index in [0.29, 0.717) is 16.7 Å². The molecule has 0 atom stereocenters. The molecular weight excluding hydrogens is 348 g/mol. The van der Waals surface area contributed by atoms with Crippen LogP contribution in [0.25, 0.3) is 22.2 Å². The summed E-state index contributed by atoms with van der Waals surface area (Å²) in [6, 6.07) is 13.9. The molecule has 0 bridgehead atoms. The lowest BCUT2D eigenvalue weighted by Gasteiger charge is -2.10. The molecule has 0 aliphatic rings. The molecule has 0 amide bonds. The maximum absolute atomic E-state index is 6.38. The van der Waals surface area contributed by atoms with Gasteiger partial charge in [-0.2, -0.15) is 0 Å². The van der Waals surface area contributed by atoms with Gasteiger partial charge < -0.3 is 15.0 Å². The number of aromatic amines is 1. The van der Waals surface area contributed by atoms with Gasteiger partial charge in [-0.15, -0.1) is 0 Å². The smallest absolute Gasteiger partial charge is 0.227 e. The van der Waals surface area contributed by atoms with Crippen LogP contribution >= 0.6 is 11.6 Å². The third-order valence-corrected chi connectivity index (χ3v) is 4.41. The number of fused-ring (bicyclic) bond motifs is 1. The topological polar surface area (TPSA) is 62.8 Å². The predicted molar refractivity (Wildman–Crippen MR) is 105 cm³/mol. The van der Waals surface area contributed by atoms with Crippen LogP contribution in [-0.4, -0.2) is 22.1 Å². The van der Waals surface area contributed by atoms with E-state index in [9.17, 15) is 0 Å². The third-order valence-electron chi connectivity index (χ3n) is 4.13. The molecule has 0 saturated carbocycles. The summed E-state index contributed by atoms with van der Waals surface area (Å²) in [6.07, 6.45) is 3.53. The van der Waals surface area contributed by atoms with Crippen LogP contribution in [0, 0.1) is 6.92 Å². The van der Waals surface area contributed by atoms with Crippen molar-refractivity contribution in [3.05, 3.63) is 65.4 Å². The number of benzene rings is 2. The standard InChI is InChI=1S/C20H17ClN4O/c1-12-7-13(9-14(8-12)26-2)24-20-23-11-17(21)19(25-20)16-10-22-18-6-4-3-5-15(16)18/h3-11,22H,1-2H3,(H,23,24,25). The normalized spacial score (nSPS) is 10.9. The Kier molecular flexibility index (Phi) is 4.22. The van der Waals surface area contributed by atoms with Crippen LogP contribution in [0.3, 0.4) is 0 Å². The maximum Gasteiger partial charge on any atom is 0.227 e. The maximum atomic E-state index is 6.38. The highest BCUT2D eigenvalue weighted by Gasteiger charge is 2.13. The van der Waals surface area contributed by atoms with E-state index in [2.05, 4.69) is 20.3 Å². The number of ether oxygens (including phenoxy) is 1. The van der Waals surface area contributed by atoms with Crippen molar-refractivity contribution < 1.29 is 4.74 Å². The molecule has 0 radical (unpaired) electrons. The molecule has 0 spiro atoms. The molecule has 130 valence electrons. The van der Waals surface area contributed by atoms with Gasteiger partial charge in [-0.1, -0.05) is 29.8 Å². The van der Waals surface area contributed by atoms with E-state index in [1.54, 1.807) is 13.3 Å². The van der Waals surface area contributed by atoms with Gasteiger partial charge in [0.25, 0.3) is 0 Å². The molecule has 0 saturated heterocycles. The van der Waals surface area contributed by atoms with E-state index >= 15 is 0 Å². The Morgan fingerprint density at radius 3 is 2.85 bits per heavy atom. The summed E-state index contributed by atoms with van der Waals surface area (Å²) in [5.41, 5.74) is 4.60. The second-order valence-electron chi connectivity index (χ2n) is 6.00. The molecule has 4 rings (SSSR count). The summed E-state index contributed by atoms with van der Waals surface area (Å²) >= 11 is 6.38.